The highest BCUT2D eigenvalue weighted by molar-refractivity contribution is 5.94. The van der Waals surface area contributed by atoms with Gasteiger partial charge in [-0.2, -0.15) is 0 Å². The molecule has 0 fully saturated rings. The molecule has 19 heavy (non-hydrogen) atoms. The van der Waals surface area contributed by atoms with E-state index in [1.54, 1.807) is 18.2 Å². The molecule has 0 bridgehead atoms. The predicted molar refractivity (Wildman–Crippen MR) is 76.9 cm³/mol. The van der Waals surface area contributed by atoms with Gasteiger partial charge in [0.25, 0.3) is 5.91 Å². The van der Waals surface area contributed by atoms with E-state index in [-0.39, 0.29) is 18.6 Å². The van der Waals surface area contributed by atoms with Gasteiger partial charge >= 0.3 is 0 Å². The third-order valence-corrected chi connectivity index (χ3v) is 2.80. The van der Waals surface area contributed by atoms with Crippen LogP contribution in [0.1, 0.15) is 49.0 Å². The number of rotatable bonds is 5. The monoisotopic (exact) mass is 259 g/mol. The first-order chi connectivity index (χ1) is 9.17. The Balaban J connectivity index is 2.66. The Hall–Kier alpha value is -1.79. The minimum Gasteiger partial charge on any atom is -0.384 e. The molecular formula is C16H21NO2. The summed E-state index contributed by atoms with van der Waals surface area (Å²) in [5, 5.41) is 11.6. The lowest BCUT2D eigenvalue weighted by Crippen LogP contribution is -2.32. The normalized spacial score (nSPS) is 11.3. The predicted octanol–water partition coefficient (Wildman–Crippen LogP) is 2.34. The fourth-order valence-electron chi connectivity index (χ4n) is 1.77. The molecule has 0 saturated heterocycles. The number of hydrogen-bond donors (Lipinski definition) is 2. The minimum absolute atomic E-state index is 0.0729. The molecule has 1 aromatic rings. The number of amides is 1. The third kappa shape index (κ3) is 5.58. The van der Waals surface area contributed by atoms with E-state index in [2.05, 4.69) is 24.1 Å². The summed E-state index contributed by atoms with van der Waals surface area (Å²) in [4.78, 5) is 12.0. The Bertz CT molecular complexity index is 471. The first-order valence-electron chi connectivity index (χ1n) is 6.68. The van der Waals surface area contributed by atoms with Gasteiger partial charge in [0.05, 0.1) is 0 Å². The lowest BCUT2D eigenvalue weighted by molar-refractivity contribution is 0.0938. The molecule has 1 atom stereocenters. The maximum atomic E-state index is 12.0. The Morgan fingerprint density at radius 2 is 2.26 bits per heavy atom. The van der Waals surface area contributed by atoms with Gasteiger partial charge in [-0.1, -0.05) is 37.7 Å². The van der Waals surface area contributed by atoms with Crippen LogP contribution in [0.25, 0.3) is 0 Å². The standard InChI is InChI=1S/C16H21NO2/c1-3-4-7-13(2)17-16(19)15-10-5-8-14(12-15)9-6-11-18/h5,8,10,12-13,18H,3-4,7,11H2,1-2H3,(H,17,19). The zero-order valence-electron chi connectivity index (χ0n) is 11.6. The highest BCUT2D eigenvalue weighted by Gasteiger charge is 2.09. The molecular weight excluding hydrogens is 238 g/mol. The van der Waals surface area contributed by atoms with Crippen LogP contribution in [0.3, 0.4) is 0 Å². The largest absolute Gasteiger partial charge is 0.384 e. The number of aliphatic hydroxyl groups is 1. The second-order valence-electron chi connectivity index (χ2n) is 4.56. The quantitative estimate of drug-likeness (QED) is 0.797. The minimum atomic E-state index is -0.176. The smallest absolute Gasteiger partial charge is 0.251 e. The van der Waals surface area contributed by atoms with E-state index in [0.29, 0.717) is 5.56 Å². The number of unbranched alkanes of at least 4 members (excludes halogenated alkanes) is 1. The average Bonchev–Trinajstić information content (AvgIpc) is 2.43. The summed E-state index contributed by atoms with van der Waals surface area (Å²) < 4.78 is 0. The first-order valence-corrected chi connectivity index (χ1v) is 6.68. The van der Waals surface area contributed by atoms with Crippen LogP contribution in [-0.4, -0.2) is 23.7 Å². The summed E-state index contributed by atoms with van der Waals surface area (Å²) in [6, 6.07) is 7.31. The first kappa shape index (κ1) is 15.3. The summed E-state index contributed by atoms with van der Waals surface area (Å²) in [5.41, 5.74) is 1.34. The van der Waals surface area contributed by atoms with E-state index in [1.165, 1.54) is 0 Å². The summed E-state index contributed by atoms with van der Waals surface area (Å²) in [7, 11) is 0. The van der Waals surface area contributed by atoms with Crippen molar-refractivity contribution in [3.05, 3.63) is 35.4 Å². The molecule has 2 N–H and O–H groups in total. The number of hydrogen-bond acceptors (Lipinski definition) is 2. The molecule has 0 aliphatic heterocycles. The van der Waals surface area contributed by atoms with E-state index in [0.717, 1.165) is 24.8 Å². The summed E-state index contributed by atoms with van der Waals surface area (Å²) in [6.45, 7) is 3.98. The van der Waals surface area contributed by atoms with Crippen LogP contribution in [0.5, 0.6) is 0 Å². The zero-order valence-corrected chi connectivity index (χ0v) is 11.6. The van der Waals surface area contributed by atoms with Gasteiger partial charge in [-0.05, 0) is 31.5 Å². The molecule has 0 aliphatic rings. The van der Waals surface area contributed by atoms with Gasteiger partial charge in [-0.15, -0.1) is 0 Å². The van der Waals surface area contributed by atoms with Crippen molar-refractivity contribution in [3.8, 4) is 11.8 Å². The third-order valence-electron chi connectivity index (χ3n) is 2.80. The van der Waals surface area contributed by atoms with Gasteiger partial charge in [-0.25, -0.2) is 0 Å². The maximum Gasteiger partial charge on any atom is 0.251 e. The van der Waals surface area contributed by atoms with Crippen molar-refractivity contribution in [1.82, 2.24) is 5.32 Å². The number of carbonyl (C=O) groups excluding carboxylic acids is 1. The molecule has 1 unspecified atom stereocenters. The van der Waals surface area contributed by atoms with Gasteiger partial charge in [0.2, 0.25) is 0 Å². The van der Waals surface area contributed by atoms with Gasteiger partial charge in [-0.3, -0.25) is 4.79 Å². The van der Waals surface area contributed by atoms with Crippen molar-refractivity contribution in [2.24, 2.45) is 0 Å². The Kier molecular flexibility index (Phi) is 6.70. The van der Waals surface area contributed by atoms with Crippen LogP contribution >= 0.6 is 0 Å². The van der Waals surface area contributed by atoms with Crippen molar-refractivity contribution in [2.75, 3.05) is 6.61 Å². The fraction of sp³-hybridized carbons (Fsp3) is 0.438. The molecule has 1 aromatic carbocycles. The molecule has 3 nitrogen and oxygen atoms in total. The van der Waals surface area contributed by atoms with Gasteiger partial charge in [0.15, 0.2) is 0 Å². The Morgan fingerprint density at radius 1 is 1.47 bits per heavy atom. The van der Waals surface area contributed by atoms with Crippen LogP contribution in [0.15, 0.2) is 24.3 Å². The Labute approximate surface area is 115 Å². The van der Waals surface area contributed by atoms with Crippen LogP contribution in [0.4, 0.5) is 0 Å². The molecule has 102 valence electrons. The summed E-state index contributed by atoms with van der Waals surface area (Å²) in [6.07, 6.45) is 3.24. The van der Waals surface area contributed by atoms with Crippen molar-refractivity contribution in [2.45, 2.75) is 39.2 Å². The zero-order chi connectivity index (χ0) is 14.1. The van der Waals surface area contributed by atoms with Crippen molar-refractivity contribution in [3.63, 3.8) is 0 Å². The van der Waals surface area contributed by atoms with Gasteiger partial charge < -0.3 is 10.4 Å². The molecule has 0 spiro atoms. The second-order valence-corrected chi connectivity index (χ2v) is 4.56. The van der Waals surface area contributed by atoms with E-state index >= 15 is 0 Å². The molecule has 1 amide bonds. The van der Waals surface area contributed by atoms with Crippen molar-refractivity contribution in [1.29, 1.82) is 0 Å². The second kappa shape index (κ2) is 8.34. The number of nitrogens with one attached hydrogen (secondary N) is 1. The molecule has 0 saturated carbocycles. The van der Waals surface area contributed by atoms with Gasteiger partial charge in [0.1, 0.15) is 6.61 Å². The van der Waals surface area contributed by atoms with Crippen molar-refractivity contribution < 1.29 is 9.90 Å². The van der Waals surface area contributed by atoms with Crippen molar-refractivity contribution >= 4 is 5.91 Å². The maximum absolute atomic E-state index is 12.0. The summed E-state index contributed by atoms with van der Waals surface area (Å²) >= 11 is 0. The van der Waals surface area contributed by atoms with Gasteiger partial charge in [0, 0.05) is 17.2 Å². The van der Waals surface area contributed by atoms with E-state index < -0.39 is 0 Å². The highest BCUT2D eigenvalue weighted by Crippen LogP contribution is 2.06. The lowest BCUT2D eigenvalue weighted by atomic mass is 10.1. The lowest BCUT2D eigenvalue weighted by Gasteiger charge is -2.13. The number of aliphatic hydroxyl groups excluding tert-OH is 1. The van der Waals surface area contributed by atoms with Crippen LogP contribution < -0.4 is 5.32 Å². The summed E-state index contributed by atoms with van der Waals surface area (Å²) in [5.74, 6) is 5.30. The molecule has 0 radical (unpaired) electrons. The highest BCUT2D eigenvalue weighted by atomic mass is 16.2. The van der Waals surface area contributed by atoms with Crippen LogP contribution in [0.2, 0.25) is 0 Å². The van der Waals surface area contributed by atoms with E-state index in [9.17, 15) is 4.79 Å². The number of benzene rings is 1. The molecule has 3 heteroatoms. The van der Waals surface area contributed by atoms with E-state index in [4.69, 9.17) is 5.11 Å². The average molecular weight is 259 g/mol. The van der Waals surface area contributed by atoms with Crippen LogP contribution in [0, 0.1) is 11.8 Å². The molecule has 0 aromatic heterocycles. The Morgan fingerprint density at radius 3 is 2.95 bits per heavy atom. The molecule has 1 rings (SSSR count). The topological polar surface area (TPSA) is 49.3 Å². The van der Waals surface area contributed by atoms with Crippen LogP contribution in [-0.2, 0) is 0 Å². The number of carbonyl (C=O) groups is 1. The molecule has 0 aliphatic carbocycles. The van der Waals surface area contributed by atoms with E-state index in [1.807, 2.05) is 13.0 Å². The fourth-order valence-corrected chi connectivity index (χ4v) is 1.77. The molecule has 0 heterocycles. The SMILES string of the molecule is CCCCC(C)NC(=O)c1cccc(C#CCO)c1.